The molecule has 1 unspecified atom stereocenters. The molecular weight excluding hydrogens is 198 g/mol. The SMILES string of the molecule is CC(N=C=O)c1ccccc1C1CCCC1. The van der Waals surface area contributed by atoms with Gasteiger partial charge >= 0.3 is 0 Å². The van der Waals surface area contributed by atoms with Gasteiger partial charge in [0.25, 0.3) is 0 Å². The number of rotatable bonds is 3. The van der Waals surface area contributed by atoms with Gasteiger partial charge in [0.2, 0.25) is 6.08 Å². The molecule has 1 fully saturated rings. The van der Waals surface area contributed by atoms with Crippen molar-refractivity contribution < 1.29 is 4.79 Å². The summed E-state index contributed by atoms with van der Waals surface area (Å²) in [6.45, 7) is 1.96. The average molecular weight is 215 g/mol. The van der Waals surface area contributed by atoms with E-state index >= 15 is 0 Å². The van der Waals surface area contributed by atoms with E-state index in [0.29, 0.717) is 5.92 Å². The molecule has 0 bridgehead atoms. The summed E-state index contributed by atoms with van der Waals surface area (Å²) in [6.07, 6.45) is 6.85. The van der Waals surface area contributed by atoms with Crippen molar-refractivity contribution in [3.63, 3.8) is 0 Å². The standard InChI is InChI=1S/C14H17NO/c1-11(15-10-16)13-8-4-5-9-14(13)12-6-2-3-7-12/h4-5,8-9,11-12H,2-3,6-7H2,1H3. The van der Waals surface area contributed by atoms with Crippen LogP contribution in [-0.4, -0.2) is 6.08 Å². The lowest BCUT2D eigenvalue weighted by Crippen LogP contribution is -2.01. The van der Waals surface area contributed by atoms with Crippen LogP contribution in [0.2, 0.25) is 0 Å². The second-order valence-corrected chi connectivity index (χ2v) is 4.51. The van der Waals surface area contributed by atoms with Gasteiger partial charge in [-0.1, -0.05) is 37.1 Å². The fourth-order valence-electron chi connectivity index (χ4n) is 2.65. The molecule has 2 rings (SSSR count). The van der Waals surface area contributed by atoms with E-state index in [-0.39, 0.29) is 6.04 Å². The molecule has 0 saturated heterocycles. The van der Waals surface area contributed by atoms with Crippen LogP contribution in [0, 0.1) is 0 Å². The minimum absolute atomic E-state index is 0.0608. The molecule has 1 atom stereocenters. The lowest BCUT2D eigenvalue weighted by molar-refractivity contribution is 0.559. The minimum Gasteiger partial charge on any atom is -0.211 e. The second kappa shape index (κ2) is 5.09. The fraction of sp³-hybridized carbons (Fsp3) is 0.500. The van der Waals surface area contributed by atoms with E-state index in [1.54, 1.807) is 6.08 Å². The molecule has 1 aliphatic carbocycles. The molecule has 1 aromatic rings. The predicted molar refractivity (Wildman–Crippen MR) is 64.2 cm³/mol. The fourth-order valence-corrected chi connectivity index (χ4v) is 2.65. The van der Waals surface area contributed by atoms with E-state index in [0.717, 1.165) is 0 Å². The Bertz CT molecular complexity index is 401. The molecule has 16 heavy (non-hydrogen) atoms. The Kier molecular flexibility index (Phi) is 3.53. The highest BCUT2D eigenvalue weighted by atomic mass is 16.1. The van der Waals surface area contributed by atoms with Crippen molar-refractivity contribution in [2.24, 2.45) is 4.99 Å². The van der Waals surface area contributed by atoms with Crippen molar-refractivity contribution in [3.8, 4) is 0 Å². The van der Waals surface area contributed by atoms with Gasteiger partial charge in [0, 0.05) is 0 Å². The number of isocyanates is 1. The summed E-state index contributed by atoms with van der Waals surface area (Å²) in [5, 5.41) is 0. The molecule has 84 valence electrons. The molecule has 1 aliphatic rings. The highest BCUT2D eigenvalue weighted by molar-refractivity contribution is 5.38. The molecule has 2 nitrogen and oxygen atoms in total. The third kappa shape index (κ3) is 2.23. The molecule has 0 amide bonds. The Balaban J connectivity index is 2.32. The first-order valence-electron chi connectivity index (χ1n) is 5.98. The van der Waals surface area contributed by atoms with E-state index in [9.17, 15) is 4.79 Å². The van der Waals surface area contributed by atoms with Gasteiger partial charge in [-0.05, 0) is 36.8 Å². The van der Waals surface area contributed by atoms with Crippen molar-refractivity contribution >= 4 is 6.08 Å². The van der Waals surface area contributed by atoms with Crippen LogP contribution in [0.1, 0.15) is 55.7 Å². The lowest BCUT2D eigenvalue weighted by atomic mass is 9.90. The zero-order valence-corrected chi connectivity index (χ0v) is 9.65. The normalized spacial score (nSPS) is 18.1. The van der Waals surface area contributed by atoms with Gasteiger partial charge in [-0.2, -0.15) is 4.99 Å². The van der Waals surface area contributed by atoms with Crippen LogP contribution in [0.5, 0.6) is 0 Å². The quantitative estimate of drug-likeness (QED) is 0.558. The van der Waals surface area contributed by atoms with E-state index in [1.165, 1.54) is 36.8 Å². The van der Waals surface area contributed by atoms with Crippen molar-refractivity contribution in [2.75, 3.05) is 0 Å². The minimum atomic E-state index is -0.0608. The maximum Gasteiger partial charge on any atom is 0.235 e. The van der Waals surface area contributed by atoms with E-state index < -0.39 is 0 Å². The van der Waals surface area contributed by atoms with E-state index in [2.05, 4.69) is 23.2 Å². The monoisotopic (exact) mass is 215 g/mol. The van der Waals surface area contributed by atoms with Crippen molar-refractivity contribution in [3.05, 3.63) is 35.4 Å². The molecular formula is C14H17NO. The number of nitrogens with zero attached hydrogens (tertiary/aromatic N) is 1. The van der Waals surface area contributed by atoms with Crippen LogP contribution in [0.3, 0.4) is 0 Å². The Morgan fingerprint density at radius 3 is 2.69 bits per heavy atom. The first-order chi connectivity index (χ1) is 7.83. The van der Waals surface area contributed by atoms with Crippen molar-refractivity contribution in [1.82, 2.24) is 0 Å². The van der Waals surface area contributed by atoms with Crippen LogP contribution in [0.4, 0.5) is 0 Å². The third-order valence-electron chi connectivity index (χ3n) is 3.49. The first kappa shape index (κ1) is 11.1. The van der Waals surface area contributed by atoms with Gasteiger partial charge in [0.15, 0.2) is 0 Å². The van der Waals surface area contributed by atoms with Gasteiger partial charge in [-0.15, -0.1) is 0 Å². The molecule has 0 N–H and O–H groups in total. The second-order valence-electron chi connectivity index (χ2n) is 4.51. The van der Waals surface area contributed by atoms with Crippen LogP contribution in [0.15, 0.2) is 29.3 Å². The first-order valence-corrected chi connectivity index (χ1v) is 5.98. The van der Waals surface area contributed by atoms with Gasteiger partial charge in [-0.3, -0.25) is 0 Å². The van der Waals surface area contributed by atoms with Crippen molar-refractivity contribution in [1.29, 1.82) is 0 Å². The highest BCUT2D eigenvalue weighted by Crippen LogP contribution is 2.37. The molecule has 1 aromatic carbocycles. The van der Waals surface area contributed by atoms with Gasteiger partial charge in [-0.25, -0.2) is 4.79 Å². The van der Waals surface area contributed by atoms with Crippen LogP contribution in [-0.2, 0) is 4.79 Å². The van der Waals surface area contributed by atoms with E-state index in [4.69, 9.17) is 0 Å². The van der Waals surface area contributed by atoms with Crippen LogP contribution in [0.25, 0.3) is 0 Å². The summed E-state index contributed by atoms with van der Waals surface area (Å²) in [6, 6.07) is 8.30. The van der Waals surface area contributed by atoms with Crippen LogP contribution >= 0.6 is 0 Å². The van der Waals surface area contributed by atoms with Gasteiger partial charge in [0.1, 0.15) is 0 Å². The number of carbonyl (C=O) groups excluding carboxylic acids is 1. The summed E-state index contributed by atoms with van der Waals surface area (Å²) in [7, 11) is 0. The molecule has 0 spiro atoms. The Labute approximate surface area is 96.4 Å². The van der Waals surface area contributed by atoms with Crippen LogP contribution < -0.4 is 0 Å². The molecule has 0 radical (unpaired) electrons. The van der Waals surface area contributed by atoms with Gasteiger partial charge in [0.05, 0.1) is 6.04 Å². The summed E-state index contributed by atoms with van der Waals surface area (Å²) in [4.78, 5) is 14.2. The molecule has 0 aromatic heterocycles. The Morgan fingerprint density at radius 2 is 2.00 bits per heavy atom. The zero-order valence-electron chi connectivity index (χ0n) is 9.65. The maximum absolute atomic E-state index is 10.3. The molecule has 2 heteroatoms. The van der Waals surface area contributed by atoms with Crippen molar-refractivity contribution in [2.45, 2.75) is 44.6 Å². The summed E-state index contributed by atoms with van der Waals surface area (Å²) < 4.78 is 0. The molecule has 0 aliphatic heterocycles. The van der Waals surface area contributed by atoms with E-state index in [1.807, 2.05) is 13.0 Å². The summed E-state index contributed by atoms with van der Waals surface area (Å²) in [5.74, 6) is 0.667. The largest absolute Gasteiger partial charge is 0.235 e. The number of benzene rings is 1. The van der Waals surface area contributed by atoms with Gasteiger partial charge < -0.3 is 0 Å². The highest BCUT2D eigenvalue weighted by Gasteiger charge is 2.21. The third-order valence-corrected chi connectivity index (χ3v) is 3.49. The zero-order chi connectivity index (χ0) is 11.4. The Morgan fingerprint density at radius 1 is 1.31 bits per heavy atom. The smallest absolute Gasteiger partial charge is 0.211 e. The topological polar surface area (TPSA) is 29.4 Å². The number of hydrogen-bond donors (Lipinski definition) is 0. The number of aliphatic imine (C=N–C) groups is 1. The molecule has 1 saturated carbocycles. The maximum atomic E-state index is 10.3. The average Bonchev–Trinajstić information content (AvgIpc) is 2.83. The summed E-state index contributed by atoms with van der Waals surface area (Å²) in [5.41, 5.74) is 2.57. The predicted octanol–water partition coefficient (Wildman–Crippen LogP) is 3.74. The lowest BCUT2D eigenvalue weighted by Gasteiger charge is -2.16. The number of hydrogen-bond acceptors (Lipinski definition) is 2. The summed E-state index contributed by atoms with van der Waals surface area (Å²) >= 11 is 0. The molecule has 0 heterocycles. The Hall–Kier alpha value is -1.40.